The molecule has 0 aromatic carbocycles. The van der Waals surface area contributed by atoms with Crippen LogP contribution >= 0.6 is 7.82 Å². The predicted molar refractivity (Wildman–Crippen MR) is 224 cm³/mol. The number of phosphoric ester groups is 1. The van der Waals surface area contributed by atoms with Gasteiger partial charge in [-0.3, -0.25) is 13.8 Å². The molecule has 0 aromatic rings. The van der Waals surface area contributed by atoms with Crippen LogP contribution in [0.2, 0.25) is 0 Å². The molecule has 0 aliphatic rings. The molecule has 0 aliphatic carbocycles. The molecule has 0 spiro atoms. The zero-order valence-electron chi connectivity index (χ0n) is 34.9. The maximum Gasteiger partial charge on any atom is 0.473 e. The summed E-state index contributed by atoms with van der Waals surface area (Å²) in [4.78, 5) is 23.8. The second-order valence-corrected chi connectivity index (χ2v) is 16.9. The Morgan fingerprint density at radius 3 is 1.53 bits per heavy atom. The molecule has 0 bridgehead atoms. The number of carbonyl (C=O) groups excluding carboxylic acids is 1. The number of Topliss-reactive ketones (excluding diaryl/α,β-unsaturated/α-hetero) is 1. The Labute approximate surface area is 326 Å². The number of phosphoric acid groups is 1. The van der Waals surface area contributed by atoms with Gasteiger partial charge >= 0.3 is 7.82 Å². The average Bonchev–Trinajstić information content (AvgIpc) is 3.11. The summed E-state index contributed by atoms with van der Waals surface area (Å²) >= 11 is 0. The number of hydrogen-bond acceptors (Lipinski definition) is 6. The first kappa shape index (κ1) is 51.6. The van der Waals surface area contributed by atoms with Crippen LogP contribution in [0, 0.1) is 0 Å². The highest BCUT2D eigenvalue weighted by Crippen LogP contribution is 2.45. The zero-order chi connectivity index (χ0) is 39.3. The van der Waals surface area contributed by atoms with Crippen molar-refractivity contribution >= 4 is 13.6 Å². The van der Waals surface area contributed by atoms with Gasteiger partial charge in [-0.15, -0.1) is 0 Å². The third-order valence-corrected chi connectivity index (χ3v) is 10.2. The van der Waals surface area contributed by atoms with Crippen molar-refractivity contribution in [3.8, 4) is 0 Å². The maximum absolute atomic E-state index is 13.3. The van der Waals surface area contributed by atoms with Crippen molar-refractivity contribution in [2.24, 2.45) is 0 Å². The molecule has 0 fully saturated rings. The lowest BCUT2D eigenvalue weighted by Crippen LogP contribution is -2.41. The van der Waals surface area contributed by atoms with E-state index in [4.69, 9.17) is 13.8 Å². The summed E-state index contributed by atoms with van der Waals surface area (Å²) in [7, 11) is 1.30. The van der Waals surface area contributed by atoms with Crippen molar-refractivity contribution in [1.82, 2.24) is 0 Å². The van der Waals surface area contributed by atoms with E-state index in [1.165, 1.54) is 83.5 Å². The summed E-state index contributed by atoms with van der Waals surface area (Å²) in [5.74, 6) is -0.335. The molecule has 0 saturated carbocycles. The summed E-state index contributed by atoms with van der Waals surface area (Å²) in [6.45, 7) is 4.78. The van der Waals surface area contributed by atoms with Gasteiger partial charge in [-0.05, 0) is 57.8 Å². The molecule has 9 heteroatoms. The van der Waals surface area contributed by atoms with Crippen LogP contribution in [0.5, 0.6) is 0 Å². The maximum atomic E-state index is 13.3. The van der Waals surface area contributed by atoms with Crippen molar-refractivity contribution in [1.29, 1.82) is 0 Å². The number of ketones is 1. The molecule has 8 nitrogen and oxygen atoms in total. The zero-order valence-corrected chi connectivity index (χ0v) is 35.8. The van der Waals surface area contributed by atoms with Gasteiger partial charge in [0.1, 0.15) is 19.3 Å². The second-order valence-electron chi connectivity index (χ2n) is 15.5. The molecule has 2 N–H and O–H groups in total. The first-order chi connectivity index (χ1) is 25.6. The minimum Gasteiger partial charge on any atom is -0.394 e. The van der Waals surface area contributed by atoms with E-state index in [1.807, 2.05) is 21.1 Å². The lowest BCUT2D eigenvalue weighted by atomic mass is 10.0. The van der Waals surface area contributed by atoms with Gasteiger partial charge in [0.15, 0.2) is 11.9 Å². The molecular weight excluding hydrogens is 685 g/mol. The van der Waals surface area contributed by atoms with Crippen LogP contribution in [0.15, 0.2) is 48.6 Å². The number of rotatable bonds is 39. The first-order valence-corrected chi connectivity index (χ1v) is 22.9. The van der Waals surface area contributed by atoms with Gasteiger partial charge in [0.25, 0.3) is 0 Å². The Morgan fingerprint density at radius 1 is 0.623 bits per heavy atom. The van der Waals surface area contributed by atoms with Crippen LogP contribution in [0.25, 0.3) is 0 Å². The van der Waals surface area contributed by atoms with E-state index in [-0.39, 0.29) is 18.8 Å². The van der Waals surface area contributed by atoms with Crippen molar-refractivity contribution in [3.05, 3.63) is 48.6 Å². The number of hydrogen-bond donors (Lipinski definition) is 2. The van der Waals surface area contributed by atoms with E-state index >= 15 is 0 Å². The van der Waals surface area contributed by atoms with Crippen molar-refractivity contribution < 1.29 is 37.6 Å². The fourth-order valence-corrected chi connectivity index (χ4v) is 6.71. The van der Waals surface area contributed by atoms with E-state index in [1.54, 1.807) is 0 Å². The topological polar surface area (TPSA) is 102 Å². The van der Waals surface area contributed by atoms with Crippen molar-refractivity contribution in [2.75, 3.05) is 47.5 Å². The number of aliphatic hydroxyl groups is 1. The normalized spacial score (nSPS) is 15.0. The molecule has 0 saturated heterocycles. The molecule has 0 radical (unpaired) electrons. The minimum atomic E-state index is -4.55. The fraction of sp³-hybridized carbons (Fsp3) is 0.795. The third-order valence-electron chi connectivity index (χ3n) is 9.18. The SMILES string of the molecule is CCCCCC=CCC=CCC=CCC=CCCCCO[C@@H](CO)C(OP(=O)(O)OCC[N+](C)(C)C)C(=O)CCCCCCCCCCCCCCC. The van der Waals surface area contributed by atoms with Gasteiger partial charge in [-0.25, -0.2) is 4.57 Å². The minimum absolute atomic E-state index is 0.000817. The summed E-state index contributed by atoms with van der Waals surface area (Å²) in [6.07, 6.45) is 41.4. The number of likely N-dealkylation sites (N-methyl/N-ethyl adjacent to an activating group) is 1. The molecule has 0 aromatic heterocycles. The van der Waals surface area contributed by atoms with Gasteiger partial charge < -0.3 is 19.2 Å². The largest absolute Gasteiger partial charge is 0.473 e. The average molecular weight is 769 g/mol. The Kier molecular flexibility index (Phi) is 35.3. The Hall–Kier alpha value is -1.38. The van der Waals surface area contributed by atoms with E-state index in [9.17, 15) is 19.4 Å². The highest BCUT2D eigenvalue weighted by atomic mass is 31.2. The van der Waals surface area contributed by atoms with Crippen LogP contribution < -0.4 is 0 Å². The Morgan fingerprint density at radius 2 is 1.06 bits per heavy atom. The van der Waals surface area contributed by atoms with Gasteiger partial charge in [-0.2, -0.15) is 0 Å². The second kappa shape index (κ2) is 36.3. The van der Waals surface area contributed by atoms with E-state index < -0.39 is 26.6 Å². The third kappa shape index (κ3) is 36.0. The van der Waals surface area contributed by atoms with Crippen LogP contribution in [0.3, 0.4) is 0 Å². The van der Waals surface area contributed by atoms with Gasteiger partial charge in [0.05, 0.1) is 27.7 Å². The van der Waals surface area contributed by atoms with Gasteiger partial charge in [0.2, 0.25) is 0 Å². The Balaban J connectivity index is 4.61. The highest BCUT2D eigenvalue weighted by molar-refractivity contribution is 7.47. The molecule has 0 amide bonds. The monoisotopic (exact) mass is 769 g/mol. The van der Waals surface area contributed by atoms with Crippen LogP contribution in [-0.2, 0) is 23.1 Å². The molecule has 0 heterocycles. The quantitative estimate of drug-likeness (QED) is 0.0278. The van der Waals surface area contributed by atoms with Gasteiger partial charge in [-0.1, -0.05) is 152 Å². The summed E-state index contributed by atoms with van der Waals surface area (Å²) < 4.78 is 30.0. The number of quaternary nitrogens is 1. The number of unbranched alkanes of at least 4 members (excludes halogenated alkanes) is 17. The van der Waals surface area contributed by atoms with E-state index in [0.717, 1.165) is 57.8 Å². The van der Waals surface area contributed by atoms with Crippen molar-refractivity contribution in [3.63, 3.8) is 0 Å². The smallest absolute Gasteiger partial charge is 0.394 e. The number of nitrogens with zero attached hydrogens (tertiary/aromatic N) is 1. The molecule has 2 unspecified atom stereocenters. The van der Waals surface area contributed by atoms with Crippen LogP contribution in [0.1, 0.15) is 168 Å². The van der Waals surface area contributed by atoms with Crippen LogP contribution in [0.4, 0.5) is 0 Å². The van der Waals surface area contributed by atoms with E-state index in [2.05, 4.69) is 62.5 Å². The standard InChI is InChI=1S/C44H82NO7P/c1-6-8-10-12-14-16-18-20-21-22-23-24-26-28-30-32-34-36-39-50-43(41-46)44(52-53(48,49)51-40-38-45(3,4)5)42(47)37-35-33-31-29-27-25-19-17-15-13-11-9-7-2/h14,16,20-21,23-24,28,30,43-44,46H,6-13,15,17-19,22,25-27,29,31-41H2,1-5H3/p+1/t43-,44?/m0/s1. The highest BCUT2D eigenvalue weighted by Gasteiger charge is 2.37. The summed E-state index contributed by atoms with van der Waals surface area (Å²) in [5.41, 5.74) is 0. The molecule has 53 heavy (non-hydrogen) atoms. The summed E-state index contributed by atoms with van der Waals surface area (Å²) in [5, 5.41) is 10.2. The van der Waals surface area contributed by atoms with E-state index in [0.29, 0.717) is 24.1 Å². The fourth-order valence-electron chi connectivity index (χ4n) is 5.79. The number of aliphatic hydroxyl groups excluding tert-OH is 1. The predicted octanol–water partition coefficient (Wildman–Crippen LogP) is 11.8. The molecule has 310 valence electrons. The molecular formula is C44H83NO7P+. The number of carbonyl (C=O) groups is 1. The molecule has 0 aliphatic heterocycles. The Bertz CT molecular complexity index is 1000. The lowest BCUT2D eigenvalue weighted by molar-refractivity contribution is -0.870. The lowest BCUT2D eigenvalue weighted by Gasteiger charge is -2.27. The van der Waals surface area contributed by atoms with Crippen molar-refractivity contribution in [2.45, 2.75) is 180 Å². The van der Waals surface area contributed by atoms with Crippen LogP contribution in [-0.4, -0.2) is 80.0 Å². The summed E-state index contributed by atoms with van der Waals surface area (Å²) in [6, 6.07) is 0. The first-order valence-electron chi connectivity index (χ1n) is 21.4. The number of allylic oxidation sites excluding steroid dienone is 8. The number of ether oxygens (including phenoxy) is 1. The van der Waals surface area contributed by atoms with Gasteiger partial charge in [0, 0.05) is 13.0 Å². The molecule has 0 rings (SSSR count). The molecule has 3 atom stereocenters.